The second kappa shape index (κ2) is 7.63. The molecule has 0 aliphatic heterocycles. The van der Waals surface area contributed by atoms with Crippen LogP contribution in [-0.4, -0.2) is 5.78 Å². The van der Waals surface area contributed by atoms with Gasteiger partial charge in [-0.15, -0.1) is 0 Å². The zero-order chi connectivity index (χ0) is 12.6. The topological polar surface area (TPSA) is 17.1 Å². The molecule has 0 amide bonds. The van der Waals surface area contributed by atoms with Crippen LogP contribution in [0.25, 0.3) is 0 Å². The average Bonchev–Trinajstić information content (AvgIpc) is 2.26. The van der Waals surface area contributed by atoms with Crippen molar-refractivity contribution in [2.45, 2.75) is 27.7 Å². The number of carbonyl (C=O) groups is 1. The molecule has 0 aliphatic carbocycles. The second-order valence-electron chi connectivity index (χ2n) is 3.64. The number of allylic oxidation sites excluding steroid dienone is 9. The Bertz CT molecular complexity index is 372. The Kier molecular flexibility index (Phi) is 6.86. The number of rotatable bonds is 5. The summed E-state index contributed by atoms with van der Waals surface area (Å²) in [4.78, 5) is 12.0. The van der Waals surface area contributed by atoms with Crippen molar-refractivity contribution in [1.82, 2.24) is 0 Å². The summed E-state index contributed by atoms with van der Waals surface area (Å²) in [6.45, 7) is 11.4. The van der Waals surface area contributed by atoms with Crippen LogP contribution in [0.1, 0.15) is 27.7 Å². The minimum Gasteiger partial charge on any atom is -0.289 e. The van der Waals surface area contributed by atoms with Crippen LogP contribution < -0.4 is 0 Å². The summed E-state index contributed by atoms with van der Waals surface area (Å²) < 4.78 is 0. The first kappa shape index (κ1) is 14.4. The average molecular weight is 216 g/mol. The van der Waals surface area contributed by atoms with Crippen molar-refractivity contribution in [3.05, 3.63) is 59.8 Å². The lowest BCUT2D eigenvalue weighted by Crippen LogP contribution is -2.02. The standard InChI is InChI=1S/C15H20O/c1-6-9-13(7-2)15(16)14(8-3)11-10-12(4)5/h6-11H,3H2,1-2,4-5H3/b9-6-,13-7+,14-11+. The maximum atomic E-state index is 12.0. The van der Waals surface area contributed by atoms with E-state index in [0.717, 1.165) is 5.57 Å². The quantitative estimate of drug-likeness (QED) is 0.498. The third-order valence-electron chi connectivity index (χ3n) is 2.00. The zero-order valence-electron chi connectivity index (χ0n) is 10.6. The van der Waals surface area contributed by atoms with E-state index in [-0.39, 0.29) is 5.78 Å². The van der Waals surface area contributed by atoms with E-state index < -0.39 is 0 Å². The molecule has 0 unspecified atom stereocenters. The van der Waals surface area contributed by atoms with Gasteiger partial charge in [-0.05, 0) is 27.7 Å². The summed E-state index contributed by atoms with van der Waals surface area (Å²) >= 11 is 0. The molecule has 0 spiro atoms. The van der Waals surface area contributed by atoms with Gasteiger partial charge in [-0.25, -0.2) is 0 Å². The van der Waals surface area contributed by atoms with Crippen LogP contribution in [0.5, 0.6) is 0 Å². The maximum Gasteiger partial charge on any atom is 0.192 e. The van der Waals surface area contributed by atoms with Crippen LogP contribution in [0.15, 0.2) is 59.8 Å². The SMILES string of the molecule is C=C/C(=C\C=C(C)C)C(=O)C(/C=C\C)=C/C. The first-order valence-corrected chi connectivity index (χ1v) is 5.38. The van der Waals surface area contributed by atoms with Gasteiger partial charge in [-0.2, -0.15) is 0 Å². The normalized spacial score (nSPS) is 12.8. The summed E-state index contributed by atoms with van der Waals surface area (Å²) in [6.07, 6.45) is 10.8. The smallest absolute Gasteiger partial charge is 0.192 e. The van der Waals surface area contributed by atoms with Gasteiger partial charge in [0, 0.05) is 11.1 Å². The Morgan fingerprint density at radius 1 is 1.06 bits per heavy atom. The summed E-state index contributed by atoms with van der Waals surface area (Å²) in [7, 11) is 0. The molecule has 0 saturated carbocycles. The fourth-order valence-corrected chi connectivity index (χ4v) is 1.14. The van der Waals surface area contributed by atoms with Gasteiger partial charge in [0.2, 0.25) is 0 Å². The highest BCUT2D eigenvalue weighted by Crippen LogP contribution is 2.10. The van der Waals surface area contributed by atoms with Gasteiger partial charge in [-0.3, -0.25) is 4.79 Å². The minimum absolute atomic E-state index is 0.00750. The van der Waals surface area contributed by atoms with Crippen molar-refractivity contribution in [3.8, 4) is 0 Å². The molecule has 0 radical (unpaired) electrons. The van der Waals surface area contributed by atoms with Crippen LogP contribution in [0, 0.1) is 0 Å². The molecule has 0 heterocycles. The lowest BCUT2D eigenvalue weighted by molar-refractivity contribution is -0.111. The lowest BCUT2D eigenvalue weighted by atomic mass is 10.0. The molecule has 86 valence electrons. The molecule has 0 aromatic rings. The van der Waals surface area contributed by atoms with Crippen LogP contribution in [0.4, 0.5) is 0 Å². The van der Waals surface area contributed by atoms with Crippen molar-refractivity contribution in [1.29, 1.82) is 0 Å². The van der Waals surface area contributed by atoms with Crippen molar-refractivity contribution in [2.24, 2.45) is 0 Å². The second-order valence-corrected chi connectivity index (χ2v) is 3.64. The molecule has 0 aromatic carbocycles. The predicted molar refractivity (Wildman–Crippen MR) is 71.3 cm³/mol. The molecule has 16 heavy (non-hydrogen) atoms. The van der Waals surface area contributed by atoms with Crippen LogP contribution in [-0.2, 0) is 4.79 Å². The molecular weight excluding hydrogens is 196 g/mol. The fraction of sp³-hybridized carbons (Fsp3) is 0.267. The van der Waals surface area contributed by atoms with Gasteiger partial charge in [-0.1, -0.05) is 48.6 Å². The van der Waals surface area contributed by atoms with Gasteiger partial charge in [0.25, 0.3) is 0 Å². The Balaban J connectivity index is 5.14. The Labute approximate surface area is 98.6 Å². The molecule has 0 atom stereocenters. The van der Waals surface area contributed by atoms with E-state index in [1.165, 1.54) is 0 Å². The summed E-state index contributed by atoms with van der Waals surface area (Å²) in [5.74, 6) is 0.00750. The van der Waals surface area contributed by atoms with E-state index in [1.807, 2.05) is 52.0 Å². The highest BCUT2D eigenvalue weighted by molar-refractivity contribution is 6.11. The third kappa shape index (κ3) is 4.74. The molecular formula is C15H20O. The van der Waals surface area contributed by atoms with Crippen molar-refractivity contribution < 1.29 is 4.79 Å². The minimum atomic E-state index is 0.00750. The van der Waals surface area contributed by atoms with Gasteiger partial charge in [0.1, 0.15) is 0 Å². The summed E-state index contributed by atoms with van der Waals surface area (Å²) in [6, 6.07) is 0. The van der Waals surface area contributed by atoms with E-state index in [4.69, 9.17) is 0 Å². The van der Waals surface area contributed by atoms with Crippen LogP contribution >= 0.6 is 0 Å². The molecule has 0 fully saturated rings. The predicted octanol–water partition coefficient (Wildman–Crippen LogP) is 4.16. The van der Waals surface area contributed by atoms with Gasteiger partial charge in [0.05, 0.1) is 0 Å². The molecule has 0 bridgehead atoms. The zero-order valence-corrected chi connectivity index (χ0v) is 10.6. The van der Waals surface area contributed by atoms with E-state index in [0.29, 0.717) is 11.1 Å². The highest BCUT2D eigenvalue weighted by Gasteiger charge is 2.08. The van der Waals surface area contributed by atoms with Crippen molar-refractivity contribution >= 4 is 5.78 Å². The first-order valence-electron chi connectivity index (χ1n) is 5.38. The molecule has 0 N–H and O–H groups in total. The summed E-state index contributed by atoms with van der Waals surface area (Å²) in [5.41, 5.74) is 2.46. The monoisotopic (exact) mass is 216 g/mol. The summed E-state index contributed by atoms with van der Waals surface area (Å²) in [5, 5.41) is 0. The largest absolute Gasteiger partial charge is 0.289 e. The van der Waals surface area contributed by atoms with E-state index >= 15 is 0 Å². The van der Waals surface area contributed by atoms with E-state index in [9.17, 15) is 4.79 Å². The number of carbonyl (C=O) groups excluding carboxylic acids is 1. The van der Waals surface area contributed by atoms with E-state index in [1.54, 1.807) is 12.2 Å². The third-order valence-corrected chi connectivity index (χ3v) is 2.00. The molecule has 1 heteroatoms. The van der Waals surface area contributed by atoms with Crippen LogP contribution in [0.3, 0.4) is 0 Å². The Hall–Kier alpha value is -1.63. The molecule has 1 nitrogen and oxygen atoms in total. The highest BCUT2D eigenvalue weighted by atomic mass is 16.1. The van der Waals surface area contributed by atoms with Crippen LogP contribution in [0.2, 0.25) is 0 Å². The molecule has 0 aromatic heterocycles. The Morgan fingerprint density at radius 2 is 1.69 bits per heavy atom. The molecule has 0 rings (SSSR count). The Morgan fingerprint density at radius 3 is 2.06 bits per heavy atom. The number of Topliss-reactive ketones (excluding diaryl/α,β-unsaturated/α-hetero) is 1. The maximum absolute atomic E-state index is 12.0. The number of hydrogen-bond donors (Lipinski definition) is 0. The fourth-order valence-electron chi connectivity index (χ4n) is 1.14. The molecule has 0 aliphatic rings. The van der Waals surface area contributed by atoms with Gasteiger partial charge in [0.15, 0.2) is 5.78 Å². The van der Waals surface area contributed by atoms with Gasteiger partial charge < -0.3 is 0 Å². The molecule has 0 saturated heterocycles. The van der Waals surface area contributed by atoms with Gasteiger partial charge >= 0.3 is 0 Å². The van der Waals surface area contributed by atoms with Crippen molar-refractivity contribution in [2.75, 3.05) is 0 Å². The lowest BCUT2D eigenvalue weighted by Gasteiger charge is -2.01. The first-order chi connectivity index (χ1) is 7.56. The van der Waals surface area contributed by atoms with Crippen molar-refractivity contribution in [3.63, 3.8) is 0 Å². The van der Waals surface area contributed by atoms with E-state index in [2.05, 4.69) is 6.58 Å². The number of ketones is 1. The number of hydrogen-bond acceptors (Lipinski definition) is 1.